The summed E-state index contributed by atoms with van der Waals surface area (Å²) in [4.78, 5) is 30.2. The van der Waals surface area contributed by atoms with Crippen LogP contribution in [0, 0.1) is 5.92 Å². The maximum atomic E-state index is 12.3. The Kier molecular flexibility index (Phi) is 6.63. The molecule has 0 saturated carbocycles. The number of nitrogens with zero attached hydrogens (tertiary/aromatic N) is 4. The van der Waals surface area contributed by atoms with Gasteiger partial charge >= 0.3 is 29.6 Å². The molecule has 1 N–H and O–H groups in total. The van der Waals surface area contributed by atoms with Crippen molar-refractivity contribution in [2.24, 2.45) is 13.0 Å². The van der Waals surface area contributed by atoms with Gasteiger partial charge in [-0.1, -0.05) is 11.8 Å². The number of aliphatic hydroxyl groups is 1. The Morgan fingerprint density at radius 1 is 1.37 bits per heavy atom. The van der Waals surface area contributed by atoms with Crippen LogP contribution in [0.1, 0.15) is 13.3 Å². The number of methoxy groups -OCH3 is 1. The fraction of sp³-hybridized carbons (Fsp3) is 0.368. The molecule has 0 spiro atoms. The maximum absolute atomic E-state index is 12.3. The number of thioether (sulfide) groups is 1. The van der Waals surface area contributed by atoms with Crippen molar-refractivity contribution in [3.05, 3.63) is 34.9 Å². The van der Waals surface area contributed by atoms with Crippen molar-refractivity contribution in [3.63, 3.8) is 0 Å². The molecule has 30 heavy (non-hydrogen) atoms. The monoisotopic (exact) mass is 438 g/mol. The van der Waals surface area contributed by atoms with Crippen molar-refractivity contribution in [2.45, 2.75) is 30.6 Å². The second kappa shape index (κ2) is 8.72. The number of aromatic nitrogens is 3. The molecular weight excluding hydrogens is 419 g/mol. The summed E-state index contributed by atoms with van der Waals surface area (Å²) in [5.74, 6) is -1.19. The Balaban J connectivity index is 0.00000256. The van der Waals surface area contributed by atoms with E-state index in [1.807, 2.05) is 12.1 Å². The van der Waals surface area contributed by atoms with Crippen LogP contribution < -0.4 is 39.4 Å². The van der Waals surface area contributed by atoms with Crippen LogP contribution in [0.2, 0.25) is 0 Å². The van der Waals surface area contributed by atoms with Gasteiger partial charge < -0.3 is 24.6 Å². The molecule has 3 atom stereocenters. The van der Waals surface area contributed by atoms with Crippen LogP contribution in [0.4, 0.5) is 0 Å². The van der Waals surface area contributed by atoms with E-state index in [1.165, 1.54) is 11.8 Å². The second-order valence-electron chi connectivity index (χ2n) is 6.98. The van der Waals surface area contributed by atoms with E-state index in [2.05, 4.69) is 10.1 Å². The topological polar surface area (TPSA) is 121 Å². The Morgan fingerprint density at radius 3 is 2.60 bits per heavy atom. The summed E-state index contributed by atoms with van der Waals surface area (Å²) in [6.07, 6.45) is -0.507. The van der Waals surface area contributed by atoms with E-state index in [1.54, 1.807) is 31.0 Å². The van der Waals surface area contributed by atoms with E-state index in [0.717, 1.165) is 23.1 Å². The van der Waals surface area contributed by atoms with Crippen molar-refractivity contribution in [1.29, 1.82) is 0 Å². The smallest absolute Gasteiger partial charge is 0.543 e. The normalized spacial score (nSPS) is 21.1. The van der Waals surface area contributed by atoms with Crippen LogP contribution in [0.5, 0.6) is 5.75 Å². The molecular formula is C19H19N4NaO5S. The number of β-lactam (4-membered cyclic amide) rings is 1. The zero-order chi connectivity index (χ0) is 20.9. The van der Waals surface area contributed by atoms with Gasteiger partial charge in [-0.05, 0) is 31.2 Å². The standard InChI is InChI=1S/C19H20N4O5S.Na/c1-9(24)14-12-8-13(15(18(26)27)23(12)17(14)25)29-19-20-16(21-22(19)2)10-4-6-11(28-3)7-5-10;/h4-7,9,12,14,24H,8H2,1-3H3,(H,26,27);/q;+1/p-1/t9-,12-,14-;/m1./s1. The molecule has 0 unspecified atom stereocenters. The number of ether oxygens (including phenoxy) is 1. The van der Waals surface area contributed by atoms with Gasteiger partial charge in [-0.15, -0.1) is 0 Å². The van der Waals surface area contributed by atoms with E-state index < -0.39 is 23.9 Å². The van der Waals surface area contributed by atoms with E-state index in [9.17, 15) is 19.8 Å². The van der Waals surface area contributed by atoms with Gasteiger partial charge in [-0.3, -0.25) is 4.79 Å². The molecule has 0 aliphatic carbocycles. The number of carboxylic acids is 1. The van der Waals surface area contributed by atoms with Crippen LogP contribution in [0.15, 0.2) is 40.0 Å². The Hall–Kier alpha value is -1.85. The maximum Gasteiger partial charge on any atom is 1.00 e. The molecule has 2 aliphatic rings. The molecule has 9 nitrogen and oxygen atoms in total. The van der Waals surface area contributed by atoms with Gasteiger partial charge in [0.05, 0.1) is 36.8 Å². The first kappa shape index (κ1) is 22.8. The number of fused-ring (bicyclic) bond motifs is 1. The zero-order valence-corrected chi connectivity index (χ0v) is 19.8. The molecule has 3 heterocycles. The predicted octanol–water partition coefficient (Wildman–Crippen LogP) is -2.84. The van der Waals surface area contributed by atoms with E-state index in [-0.39, 0.29) is 41.3 Å². The van der Waals surface area contributed by atoms with Crippen molar-refractivity contribution in [2.75, 3.05) is 7.11 Å². The first-order valence-electron chi connectivity index (χ1n) is 9.00. The van der Waals surface area contributed by atoms with Gasteiger partial charge in [0.2, 0.25) is 5.91 Å². The van der Waals surface area contributed by atoms with Gasteiger partial charge in [0.25, 0.3) is 0 Å². The average molecular weight is 438 g/mol. The van der Waals surface area contributed by atoms with Crippen LogP contribution in [0.25, 0.3) is 11.4 Å². The van der Waals surface area contributed by atoms with Gasteiger partial charge in [0.15, 0.2) is 11.0 Å². The number of carboxylic acid groups (broad SMARTS) is 1. The fourth-order valence-corrected chi connectivity index (χ4v) is 4.80. The summed E-state index contributed by atoms with van der Waals surface area (Å²) < 4.78 is 6.71. The molecule has 2 aromatic rings. The number of aliphatic hydroxyl groups excluding tert-OH is 1. The van der Waals surface area contributed by atoms with Crippen molar-refractivity contribution in [1.82, 2.24) is 19.7 Å². The Labute approximate surface area is 199 Å². The molecule has 0 bridgehead atoms. The van der Waals surface area contributed by atoms with E-state index in [0.29, 0.717) is 22.3 Å². The van der Waals surface area contributed by atoms with Crippen molar-refractivity contribution in [3.8, 4) is 17.1 Å². The molecule has 1 fully saturated rings. The number of rotatable bonds is 6. The first-order valence-corrected chi connectivity index (χ1v) is 9.82. The third kappa shape index (κ3) is 3.78. The van der Waals surface area contributed by atoms with Gasteiger partial charge in [0, 0.05) is 23.9 Å². The van der Waals surface area contributed by atoms with Gasteiger partial charge in [-0.25, -0.2) is 9.67 Å². The average Bonchev–Trinajstić information content (AvgIpc) is 3.20. The number of carbonyl (C=O) groups is 2. The summed E-state index contributed by atoms with van der Waals surface area (Å²) in [7, 11) is 3.30. The quantitative estimate of drug-likeness (QED) is 0.378. The molecule has 4 rings (SSSR count). The Morgan fingerprint density at radius 2 is 2.03 bits per heavy atom. The number of hydrogen-bond donors (Lipinski definition) is 1. The molecule has 11 heteroatoms. The third-order valence-electron chi connectivity index (χ3n) is 5.17. The molecule has 1 aromatic carbocycles. The summed E-state index contributed by atoms with van der Waals surface area (Å²) in [5.41, 5.74) is 0.651. The first-order chi connectivity index (χ1) is 13.8. The van der Waals surface area contributed by atoms with Crippen LogP contribution >= 0.6 is 11.8 Å². The minimum absolute atomic E-state index is 0. The molecule has 1 amide bonds. The number of amides is 1. The van der Waals surface area contributed by atoms with Crippen LogP contribution in [-0.2, 0) is 16.6 Å². The summed E-state index contributed by atoms with van der Waals surface area (Å²) in [6, 6.07) is 6.91. The number of carbonyl (C=O) groups excluding carboxylic acids is 2. The minimum atomic E-state index is -1.41. The zero-order valence-electron chi connectivity index (χ0n) is 17.0. The summed E-state index contributed by atoms with van der Waals surface area (Å²) >= 11 is 1.15. The van der Waals surface area contributed by atoms with Crippen LogP contribution in [0.3, 0.4) is 0 Å². The summed E-state index contributed by atoms with van der Waals surface area (Å²) in [5, 5.41) is 26.4. The molecule has 0 radical (unpaired) electrons. The SMILES string of the molecule is COc1ccc(-c2nc(SC3=C(C(=O)[O-])N4C(=O)[C@H]([C@@H](C)O)[C@H]4C3)n(C)n2)cc1.[Na+]. The largest absolute Gasteiger partial charge is 1.00 e. The van der Waals surface area contributed by atoms with Gasteiger partial charge in [0.1, 0.15) is 5.75 Å². The van der Waals surface area contributed by atoms with E-state index in [4.69, 9.17) is 4.74 Å². The van der Waals surface area contributed by atoms with Gasteiger partial charge in [-0.2, -0.15) is 5.10 Å². The van der Waals surface area contributed by atoms with Crippen molar-refractivity contribution < 1.29 is 54.1 Å². The minimum Gasteiger partial charge on any atom is -0.543 e. The van der Waals surface area contributed by atoms with Crippen molar-refractivity contribution >= 4 is 23.6 Å². The van der Waals surface area contributed by atoms with E-state index >= 15 is 0 Å². The number of hydrogen-bond acceptors (Lipinski definition) is 8. The molecule has 2 aliphatic heterocycles. The number of aliphatic carboxylic acids is 1. The molecule has 152 valence electrons. The number of benzene rings is 1. The molecule has 1 aromatic heterocycles. The van der Waals surface area contributed by atoms with Crippen LogP contribution in [-0.4, -0.2) is 55.9 Å². The second-order valence-corrected chi connectivity index (χ2v) is 8.04. The summed E-state index contributed by atoms with van der Waals surface area (Å²) in [6.45, 7) is 1.54. The number of aryl methyl sites for hydroxylation is 1. The third-order valence-corrected chi connectivity index (χ3v) is 6.31. The fourth-order valence-electron chi connectivity index (χ4n) is 3.74. The molecule has 1 saturated heterocycles. The Bertz CT molecular complexity index is 1020. The predicted molar refractivity (Wildman–Crippen MR) is 101 cm³/mol.